The van der Waals surface area contributed by atoms with E-state index in [4.69, 9.17) is 38.0 Å². The van der Waals surface area contributed by atoms with Crippen LogP contribution in [0.25, 0.3) is 11.3 Å². The van der Waals surface area contributed by atoms with Gasteiger partial charge in [-0.05, 0) is 79.4 Å². The molecule has 1 amide bonds. The first kappa shape index (κ1) is 32.1. The fraction of sp³-hybridized carbons (Fsp3) is 0.324. The molecule has 9 heteroatoms. The molecule has 0 radical (unpaired) electrons. The summed E-state index contributed by atoms with van der Waals surface area (Å²) in [4.78, 5) is 29.4. The summed E-state index contributed by atoms with van der Waals surface area (Å²) in [7, 11) is 0. The number of hydrogen-bond donors (Lipinski definition) is 2. The van der Waals surface area contributed by atoms with E-state index >= 15 is 0 Å². The van der Waals surface area contributed by atoms with Gasteiger partial charge in [0.1, 0.15) is 17.3 Å². The Morgan fingerprint density at radius 2 is 1.65 bits per heavy atom. The van der Waals surface area contributed by atoms with Gasteiger partial charge in [0, 0.05) is 29.2 Å². The number of imidazole rings is 1. The average Bonchev–Trinajstić information content (AvgIpc) is 3.40. The Kier molecular flexibility index (Phi) is 11.3. The summed E-state index contributed by atoms with van der Waals surface area (Å²) in [6.45, 7) is 6.93. The summed E-state index contributed by atoms with van der Waals surface area (Å²) in [6.07, 6.45) is 6.22. The monoisotopic (exact) mass is 621 g/mol. The zero-order valence-electron chi connectivity index (χ0n) is 24.6. The number of amides is 1. The summed E-state index contributed by atoms with van der Waals surface area (Å²) >= 11 is 12.7. The second kappa shape index (κ2) is 15.1. The molecule has 4 aromatic rings. The van der Waals surface area contributed by atoms with Crippen molar-refractivity contribution in [3.8, 4) is 22.8 Å². The molecule has 0 fully saturated rings. The molecule has 0 aliphatic rings. The van der Waals surface area contributed by atoms with Crippen molar-refractivity contribution in [3.63, 3.8) is 0 Å². The number of benzene rings is 3. The Labute approximate surface area is 262 Å². The number of unbranched alkanes of at least 4 members (excludes halogenated alkanes) is 1. The number of carboxylic acid groups (broad SMARTS) is 1. The lowest BCUT2D eigenvalue weighted by Crippen LogP contribution is -2.35. The van der Waals surface area contributed by atoms with E-state index in [1.807, 2.05) is 43.5 Å². The summed E-state index contributed by atoms with van der Waals surface area (Å²) in [6, 6.07) is 18.9. The van der Waals surface area contributed by atoms with E-state index in [0.29, 0.717) is 28.0 Å². The molecule has 1 heterocycles. The lowest BCUT2D eigenvalue weighted by atomic mass is 10.0. The first-order valence-corrected chi connectivity index (χ1v) is 15.4. The second-order valence-electron chi connectivity index (χ2n) is 10.7. The van der Waals surface area contributed by atoms with Crippen LogP contribution in [-0.4, -0.2) is 26.5 Å². The Balaban J connectivity index is 1.63. The van der Waals surface area contributed by atoms with Crippen LogP contribution in [0.1, 0.15) is 74.2 Å². The maximum absolute atomic E-state index is 13.3. The molecule has 43 heavy (non-hydrogen) atoms. The van der Waals surface area contributed by atoms with Crippen LogP contribution >= 0.6 is 23.2 Å². The molecule has 226 valence electrons. The number of carbonyl (C=O) groups excluding carboxylic acids is 1. The molecule has 7 nitrogen and oxygen atoms in total. The normalized spacial score (nSPS) is 12.5. The number of aromatic nitrogens is 2. The third-order valence-corrected chi connectivity index (χ3v) is 7.81. The molecule has 1 aromatic heterocycles. The summed E-state index contributed by atoms with van der Waals surface area (Å²) in [5.41, 5.74) is 2.71. The highest BCUT2D eigenvalue weighted by molar-refractivity contribution is 6.36. The van der Waals surface area contributed by atoms with E-state index < -0.39 is 5.97 Å². The van der Waals surface area contributed by atoms with Crippen molar-refractivity contribution in [2.24, 2.45) is 5.92 Å². The van der Waals surface area contributed by atoms with Gasteiger partial charge in [-0.1, -0.05) is 68.9 Å². The Bertz CT molecular complexity index is 1530. The number of aromatic carboxylic acids is 1. The van der Waals surface area contributed by atoms with Gasteiger partial charge in [-0.25, -0.2) is 9.78 Å². The molecule has 2 unspecified atom stereocenters. The molecular weight excluding hydrogens is 585 g/mol. The highest BCUT2D eigenvalue weighted by Crippen LogP contribution is 2.32. The van der Waals surface area contributed by atoms with Gasteiger partial charge in [-0.2, -0.15) is 0 Å². The Morgan fingerprint density at radius 3 is 2.26 bits per heavy atom. The van der Waals surface area contributed by atoms with Gasteiger partial charge >= 0.3 is 5.97 Å². The van der Waals surface area contributed by atoms with E-state index in [1.165, 1.54) is 12.1 Å². The average molecular weight is 623 g/mol. The van der Waals surface area contributed by atoms with Crippen molar-refractivity contribution < 1.29 is 19.4 Å². The first-order chi connectivity index (χ1) is 20.7. The van der Waals surface area contributed by atoms with E-state index in [1.54, 1.807) is 24.3 Å². The maximum atomic E-state index is 13.3. The molecule has 0 aliphatic heterocycles. The predicted octanol–water partition coefficient (Wildman–Crippen LogP) is 8.98. The highest BCUT2D eigenvalue weighted by Gasteiger charge is 2.25. The molecule has 2 N–H and O–H groups in total. The third kappa shape index (κ3) is 8.62. The van der Waals surface area contributed by atoms with Crippen molar-refractivity contribution in [1.82, 2.24) is 14.9 Å². The molecule has 3 aromatic carbocycles. The summed E-state index contributed by atoms with van der Waals surface area (Å²) in [5, 5.41) is 13.5. The van der Waals surface area contributed by atoms with Crippen LogP contribution in [0.5, 0.6) is 11.5 Å². The lowest BCUT2D eigenvalue weighted by Gasteiger charge is -2.22. The smallest absolute Gasteiger partial charge is 0.335 e. The number of nitrogens with zero attached hydrogens (tertiary/aromatic N) is 2. The quantitative estimate of drug-likeness (QED) is 0.146. The van der Waals surface area contributed by atoms with Crippen LogP contribution in [0.4, 0.5) is 0 Å². The number of rotatable bonds is 14. The fourth-order valence-electron chi connectivity index (χ4n) is 4.86. The van der Waals surface area contributed by atoms with E-state index in [9.17, 15) is 9.59 Å². The molecule has 0 saturated heterocycles. The van der Waals surface area contributed by atoms with E-state index in [-0.39, 0.29) is 23.4 Å². The number of aryl methyl sites for hydroxylation is 1. The number of halogens is 2. The first-order valence-electron chi connectivity index (χ1n) is 14.6. The number of ether oxygens (including phenoxy) is 1. The summed E-state index contributed by atoms with van der Waals surface area (Å²) in [5.74, 6) is 0.811. The molecule has 4 rings (SSSR count). The van der Waals surface area contributed by atoms with E-state index in [2.05, 4.69) is 23.7 Å². The van der Waals surface area contributed by atoms with Gasteiger partial charge in [0.05, 0.1) is 22.3 Å². The van der Waals surface area contributed by atoms with Gasteiger partial charge in [-0.3, -0.25) is 4.79 Å². The van der Waals surface area contributed by atoms with Gasteiger partial charge < -0.3 is 19.7 Å². The molecule has 0 spiro atoms. The zero-order chi connectivity index (χ0) is 30.9. The lowest BCUT2D eigenvalue weighted by molar-refractivity contribution is -0.125. The number of carboxylic acids is 1. The Morgan fingerprint density at radius 1 is 0.977 bits per heavy atom. The zero-order valence-corrected chi connectivity index (χ0v) is 26.2. The second-order valence-corrected chi connectivity index (χ2v) is 11.5. The van der Waals surface area contributed by atoms with Crippen LogP contribution in [0.3, 0.4) is 0 Å². The van der Waals surface area contributed by atoms with Crippen LogP contribution < -0.4 is 10.1 Å². The van der Waals surface area contributed by atoms with Crippen LogP contribution in [0, 0.1) is 5.92 Å². The van der Waals surface area contributed by atoms with Gasteiger partial charge in [0.15, 0.2) is 0 Å². The fourth-order valence-corrected chi connectivity index (χ4v) is 5.36. The minimum atomic E-state index is -0.986. The molecule has 2 atom stereocenters. The predicted molar refractivity (Wildman–Crippen MR) is 171 cm³/mol. The topological polar surface area (TPSA) is 93.5 Å². The molecular formula is C34H37Cl2N3O4. The van der Waals surface area contributed by atoms with Crippen molar-refractivity contribution >= 4 is 35.1 Å². The SMILES string of the molecule is CCCCn1cc(-c2ccc(Cl)cc2Cl)nc1C(Cc1ccc(Oc2ccc(C(=O)O)cc2)cc1)NC(=O)C(C)CCC. The van der Waals surface area contributed by atoms with E-state index in [0.717, 1.165) is 54.9 Å². The molecule has 0 aliphatic carbocycles. The molecule has 0 saturated carbocycles. The maximum Gasteiger partial charge on any atom is 0.335 e. The third-order valence-electron chi connectivity index (χ3n) is 7.26. The van der Waals surface area contributed by atoms with Crippen molar-refractivity contribution in [1.29, 1.82) is 0 Å². The van der Waals surface area contributed by atoms with Gasteiger partial charge in [0.2, 0.25) is 5.91 Å². The largest absolute Gasteiger partial charge is 0.478 e. The van der Waals surface area contributed by atoms with Crippen LogP contribution in [0.15, 0.2) is 72.9 Å². The van der Waals surface area contributed by atoms with Crippen LogP contribution in [0.2, 0.25) is 10.0 Å². The standard InChI is InChI=1S/C34H37Cl2N3O4/c1-4-6-18-39-21-31(28-17-12-25(35)20-29(28)36)37-32(39)30(38-33(40)22(3)7-5-2)19-23-8-13-26(14-9-23)43-27-15-10-24(11-16-27)34(41)42/h8-17,20-22,30H,4-7,18-19H2,1-3H3,(H,38,40)(H,41,42). The minimum absolute atomic E-state index is 0.00673. The van der Waals surface area contributed by atoms with Crippen molar-refractivity contribution in [2.45, 2.75) is 65.5 Å². The van der Waals surface area contributed by atoms with Crippen LogP contribution in [-0.2, 0) is 17.8 Å². The molecule has 0 bridgehead atoms. The Hall–Kier alpha value is -3.81. The van der Waals surface area contributed by atoms with Gasteiger partial charge in [-0.15, -0.1) is 0 Å². The summed E-state index contributed by atoms with van der Waals surface area (Å²) < 4.78 is 8.04. The highest BCUT2D eigenvalue weighted by atomic mass is 35.5. The van der Waals surface area contributed by atoms with Crippen molar-refractivity contribution in [2.75, 3.05) is 0 Å². The number of nitrogens with one attached hydrogen (secondary N) is 1. The number of hydrogen-bond acceptors (Lipinski definition) is 4. The van der Waals surface area contributed by atoms with Gasteiger partial charge in [0.25, 0.3) is 0 Å². The van der Waals surface area contributed by atoms with Crippen molar-refractivity contribution in [3.05, 3.63) is 99.9 Å². The minimum Gasteiger partial charge on any atom is -0.478 e. The number of carbonyl (C=O) groups is 2.